The molecule has 6 nitrogen and oxygen atoms in total. The molecular weight excluding hydrogens is 352 g/mol. The van der Waals surface area contributed by atoms with Gasteiger partial charge in [-0.05, 0) is 49.1 Å². The molecule has 0 bridgehead atoms. The summed E-state index contributed by atoms with van der Waals surface area (Å²) in [5, 5.41) is 2.72. The Balaban J connectivity index is 1.77. The molecule has 0 aliphatic rings. The molecule has 0 aromatic heterocycles. The van der Waals surface area contributed by atoms with E-state index in [-0.39, 0.29) is 17.3 Å². The first-order valence-corrected chi connectivity index (χ1v) is 9.85. The van der Waals surface area contributed by atoms with E-state index in [0.29, 0.717) is 17.9 Å². The average Bonchev–Trinajstić information content (AvgIpc) is 2.64. The normalized spacial score (nSPS) is 11.2. The number of rotatable bonds is 9. The van der Waals surface area contributed by atoms with Gasteiger partial charge in [0.15, 0.2) is 0 Å². The van der Waals surface area contributed by atoms with Crippen molar-refractivity contribution in [2.75, 3.05) is 20.2 Å². The second-order valence-corrected chi connectivity index (χ2v) is 7.66. The summed E-state index contributed by atoms with van der Waals surface area (Å²) in [5.41, 5.74) is 1.91. The number of carbonyl (C=O) groups excluding carboxylic acids is 1. The molecule has 0 heterocycles. The Morgan fingerprint density at radius 3 is 2.50 bits per heavy atom. The zero-order valence-corrected chi connectivity index (χ0v) is 15.8. The van der Waals surface area contributed by atoms with Gasteiger partial charge in [0.2, 0.25) is 15.9 Å². The van der Waals surface area contributed by atoms with Crippen molar-refractivity contribution in [3.8, 4) is 5.75 Å². The fourth-order valence-electron chi connectivity index (χ4n) is 2.49. The summed E-state index contributed by atoms with van der Waals surface area (Å²) in [6, 6.07) is 14.5. The smallest absolute Gasteiger partial charge is 0.241 e. The molecule has 140 valence electrons. The average molecular weight is 376 g/mol. The van der Waals surface area contributed by atoms with Crippen molar-refractivity contribution in [3.05, 3.63) is 59.7 Å². The number of benzene rings is 2. The van der Waals surface area contributed by atoms with Crippen LogP contribution in [0.4, 0.5) is 0 Å². The molecule has 2 aromatic carbocycles. The molecule has 0 spiro atoms. The Morgan fingerprint density at radius 1 is 1.12 bits per heavy atom. The van der Waals surface area contributed by atoms with Gasteiger partial charge in [-0.15, -0.1) is 0 Å². The van der Waals surface area contributed by atoms with E-state index in [1.807, 2.05) is 30.3 Å². The number of amides is 1. The van der Waals surface area contributed by atoms with Crippen LogP contribution < -0.4 is 14.8 Å². The zero-order chi connectivity index (χ0) is 19.0. The zero-order valence-electron chi connectivity index (χ0n) is 15.0. The molecule has 1 amide bonds. The van der Waals surface area contributed by atoms with E-state index in [9.17, 15) is 13.2 Å². The summed E-state index contributed by atoms with van der Waals surface area (Å²) >= 11 is 0. The van der Waals surface area contributed by atoms with Gasteiger partial charge in [-0.2, -0.15) is 0 Å². The van der Waals surface area contributed by atoms with Gasteiger partial charge in [0.05, 0.1) is 18.6 Å². The van der Waals surface area contributed by atoms with Gasteiger partial charge in [-0.1, -0.05) is 30.3 Å². The van der Waals surface area contributed by atoms with Crippen molar-refractivity contribution in [2.24, 2.45) is 0 Å². The van der Waals surface area contributed by atoms with Crippen molar-refractivity contribution in [1.82, 2.24) is 10.0 Å². The Kier molecular flexibility index (Phi) is 7.17. The summed E-state index contributed by atoms with van der Waals surface area (Å²) in [6.45, 7) is 1.97. The topological polar surface area (TPSA) is 84.5 Å². The molecule has 0 saturated carbocycles. The Bertz CT molecular complexity index is 836. The molecule has 7 heteroatoms. The molecule has 26 heavy (non-hydrogen) atoms. The van der Waals surface area contributed by atoms with Gasteiger partial charge in [0, 0.05) is 6.54 Å². The summed E-state index contributed by atoms with van der Waals surface area (Å²) in [4.78, 5) is 11.9. The number of ether oxygens (including phenoxy) is 1. The number of aryl methyl sites for hydroxylation is 2. The predicted octanol–water partition coefficient (Wildman–Crippen LogP) is 2.03. The first-order chi connectivity index (χ1) is 12.4. The highest BCUT2D eigenvalue weighted by Crippen LogP contribution is 2.21. The van der Waals surface area contributed by atoms with Crippen LogP contribution in [0.2, 0.25) is 0 Å². The first kappa shape index (κ1) is 19.9. The van der Waals surface area contributed by atoms with Crippen LogP contribution >= 0.6 is 0 Å². The molecule has 0 aliphatic heterocycles. The molecule has 0 radical (unpaired) electrons. The van der Waals surface area contributed by atoms with E-state index in [4.69, 9.17) is 4.74 Å². The summed E-state index contributed by atoms with van der Waals surface area (Å²) in [5.74, 6) is 0.256. The third kappa shape index (κ3) is 5.86. The minimum absolute atomic E-state index is 0.104. The van der Waals surface area contributed by atoms with Crippen LogP contribution in [-0.2, 0) is 21.2 Å². The highest BCUT2D eigenvalue weighted by molar-refractivity contribution is 7.89. The van der Waals surface area contributed by atoms with Crippen LogP contribution in [0, 0.1) is 6.92 Å². The van der Waals surface area contributed by atoms with Gasteiger partial charge in [-0.25, -0.2) is 13.1 Å². The van der Waals surface area contributed by atoms with Crippen molar-refractivity contribution in [3.63, 3.8) is 0 Å². The molecule has 2 rings (SSSR count). The number of sulfonamides is 1. The van der Waals surface area contributed by atoms with Crippen LogP contribution in [0.1, 0.15) is 17.5 Å². The number of methoxy groups -OCH3 is 1. The SMILES string of the molecule is COc1ccc(S(=O)(=O)NCC(=O)NCCCc2ccccc2)cc1C. The minimum atomic E-state index is -3.74. The Morgan fingerprint density at radius 2 is 1.85 bits per heavy atom. The van der Waals surface area contributed by atoms with E-state index < -0.39 is 10.0 Å². The standard InChI is InChI=1S/C19H24N2O4S/c1-15-13-17(10-11-18(15)25-2)26(23,24)21-14-19(22)20-12-6-9-16-7-4-3-5-8-16/h3-5,7-8,10-11,13,21H,6,9,12,14H2,1-2H3,(H,20,22). The van der Waals surface area contributed by atoms with Crippen LogP contribution in [0.25, 0.3) is 0 Å². The lowest BCUT2D eigenvalue weighted by Gasteiger charge is -2.10. The number of hydrogen-bond donors (Lipinski definition) is 2. The van der Waals surface area contributed by atoms with E-state index in [1.165, 1.54) is 24.8 Å². The summed E-state index contributed by atoms with van der Waals surface area (Å²) in [7, 11) is -2.22. The second-order valence-electron chi connectivity index (χ2n) is 5.90. The maximum atomic E-state index is 12.3. The van der Waals surface area contributed by atoms with Crippen LogP contribution in [0.3, 0.4) is 0 Å². The Hall–Kier alpha value is -2.38. The molecule has 0 atom stereocenters. The molecule has 0 saturated heterocycles. The number of hydrogen-bond acceptors (Lipinski definition) is 4. The second kappa shape index (κ2) is 9.35. The van der Waals surface area contributed by atoms with Crippen LogP contribution in [0.15, 0.2) is 53.4 Å². The van der Waals surface area contributed by atoms with Gasteiger partial charge in [0.1, 0.15) is 5.75 Å². The predicted molar refractivity (Wildman–Crippen MR) is 101 cm³/mol. The number of carbonyl (C=O) groups is 1. The van der Waals surface area contributed by atoms with Crippen molar-refractivity contribution in [2.45, 2.75) is 24.7 Å². The van der Waals surface area contributed by atoms with Gasteiger partial charge in [0.25, 0.3) is 0 Å². The molecule has 0 unspecified atom stereocenters. The fourth-order valence-corrected chi connectivity index (χ4v) is 3.56. The monoisotopic (exact) mass is 376 g/mol. The highest BCUT2D eigenvalue weighted by Gasteiger charge is 2.16. The quantitative estimate of drug-likeness (QED) is 0.656. The maximum absolute atomic E-state index is 12.3. The highest BCUT2D eigenvalue weighted by atomic mass is 32.2. The van der Waals surface area contributed by atoms with Gasteiger partial charge in [-0.3, -0.25) is 4.79 Å². The molecule has 2 N–H and O–H groups in total. The number of nitrogens with one attached hydrogen (secondary N) is 2. The van der Waals surface area contributed by atoms with Crippen LogP contribution in [0.5, 0.6) is 5.75 Å². The molecule has 0 aliphatic carbocycles. The first-order valence-electron chi connectivity index (χ1n) is 8.37. The lowest BCUT2D eigenvalue weighted by atomic mass is 10.1. The van der Waals surface area contributed by atoms with E-state index in [1.54, 1.807) is 13.0 Å². The van der Waals surface area contributed by atoms with Crippen molar-refractivity contribution >= 4 is 15.9 Å². The molecule has 2 aromatic rings. The van der Waals surface area contributed by atoms with E-state index in [2.05, 4.69) is 10.0 Å². The summed E-state index contributed by atoms with van der Waals surface area (Å²) < 4.78 is 32.0. The lowest BCUT2D eigenvalue weighted by Crippen LogP contribution is -2.37. The third-order valence-corrected chi connectivity index (χ3v) is 5.31. The van der Waals surface area contributed by atoms with E-state index >= 15 is 0 Å². The third-order valence-electron chi connectivity index (χ3n) is 3.91. The fraction of sp³-hybridized carbons (Fsp3) is 0.316. The van der Waals surface area contributed by atoms with Gasteiger partial charge >= 0.3 is 0 Å². The molecular formula is C19H24N2O4S. The maximum Gasteiger partial charge on any atom is 0.241 e. The minimum Gasteiger partial charge on any atom is -0.496 e. The largest absolute Gasteiger partial charge is 0.496 e. The van der Waals surface area contributed by atoms with Crippen LogP contribution in [-0.4, -0.2) is 34.5 Å². The van der Waals surface area contributed by atoms with E-state index in [0.717, 1.165) is 12.8 Å². The lowest BCUT2D eigenvalue weighted by molar-refractivity contribution is -0.119. The summed E-state index contributed by atoms with van der Waals surface area (Å²) in [6.07, 6.45) is 1.65. The van der Waals surface area contributed by atoms with Crippen molar-refractivity contribution < 1.29 is 17.9 Å². The Labute approximate surface area is 154 Å². The van der Waals surface area contributed by atoms with Gasteiger partial charge < -0.3 is 10.1 Å². The molecule has 0 fully saturated rings. The van der Waals surface area contributed by atoms with Crippen molar-refractivity contribution in [1.29, 1.82) is 0 Å².